The highest BCUT2D eigenvalue weighted by molar-refractivity contribution is 6.03. The number of amides is 2. The van der Waals surface area contributed by atoms with Gasteiger partial charge in [-0.05, 0) is 85.6 Å². The van der Waals surface area contributed by atoms with E-state index in [1.54, 1.807) is 30.3 Å². The fourth-order valence-corrected chi connectivity index (χ4v) is 7.45. The van der Waals surface area contributed by atoms with Crippen LogP contribution < -0.4 is 10.6 Å². The zero-order chi connectivity index (χ0) is 32.9. The molecule has 1 saturated heterocycles. The number of hydrogen-bond acceptors (Lipinski definition) is 6. The van der Waals surface area contributed by atoms with Crippen molar-refractivity contribution in [2.45, 2.75) is 31.5 Å². The van der Waals surface area contributed by atoms with E-state index in [0.717, 1.165) is 70.1 Å². The number of aromatic nitrogens is 2. The van der Waals surface area contributed by atoms with Crippen LogP contribution >= 0.6 is 0 Å². The third kappa shape index (κ3) is 4.98. The summed E-state index contributed by atoms with van der Waals surface area (Å²) < 4.78 is 0. The normalized spacial score (nSPS) is 18.3. The number of aldehydes is 1. The molecular weight excluding hydrogens is 606 g/mol. The molecule has 5 heterocycles. The molecule has 10 heteroatoms. The van der Waals surface area contributed by atoms with Gasteiger partial charge in [-0.1, -0.05) is 36.4 Å². The number of nitrogens with zero attached hydrogens (tertiary/aromatic N) is 1. The number of carbonyl (C=O) groups excluding carboxylic acids is 3. The maximum atomic E-state index is 12.5. The number of benzene rings is 4. The number of carbonyl (C=O) groups is 3. The minimum atomic E-state index is -0.453. The van der Waals surface area contributed by atoms with Crippen LogP contribution in [0, 0.1) is 0 Å². The second-order valence-corrected chi connectivity index (χ2v) is 12.5. The van der Waals surface area contributed by atoms with Crippen molar-refractivity contribution in [3.8, 4) is 11.5 Å². The fourth-order valence-electron chi connectivity index (χ4n) is 7.45. The number of phenols is 2. The predicted octanol–water partition coefficient (Wildman–Crippen LogP) is 5.82. The Morgan fingerprint density at radius 2 is 1.21 bits per heavy atom. The van der Waals surface area contributed by atoms with Crippen molar-refractivity contribution >= 4 is 39.9 Å². The molecule has 6 aromatic rings. The molecule has 2 aromatic heterocycles. The van der Waals surface area contributed by atoms with E-state index in [1.807, 2.05) is 36.4 Å². The first-order valence-corrected chi connectivity index (χ1v) is 16.0. The quantitative estimate of drug-likeness (QED) is 0.131. The molecule has 2 amide bonds. The van der Waals surface area contributed by atoms with Crippen molar-refractivity contribution in [3.63, 3.8) is 0 Å². The molecule has 3 aliphatic heterocycles. The van der Waals surface area contributed by atoms with E-state index in [4.69, 9.17) is 0 Å². The van der Waals surface area contributed by atoms with Crippen molar-refractivity contribution < 1.29 is 24.6 Å². The van der Waals surface area contributed by atoms with Crippen molar-refractivity contribution in [2.24, 2.45) is 0 Å². The van der Waals surface area contributed by atoms with Gasteiger partial charge in [0.2, 0.25) is 0 Å². The van der Waals surface area contributed by atoms with Crippen LogP contribution in [-0.4, -0.2) is 56.3 Å². The van der Waals surface area contributed by atoms with E-state index in [2.05, 4.69) is 37.6 Å². The average Bonchev–Trinajstić information content (AvgIpc) is 3.92. The van der Waals surface area contributed by atoms with E-state index in [-0.39, 0.29) is 29.4 Å². The Morgan fingerprint density at radius 1 is 0.688 bits per heavy atom. The zero-order valence-electron chi connectivity index (χ0n) is 25.9. The molecule has 4 aromatic carbocycles. The minimum Gasteiger partial charge on any atom is -0.508 e. The van der Waals surface area contributed by atoms with Crippen LogP contribution in [-0.2, 0) is 6.54 Å². The van der Waals surface area contributed by atoms with Gasteiger partial charge in [-0.2, -0.15) is 0 Å². The first kappa shape index (κ1) is 29.5. The number of rotatable bonds is 5. The summed E-state index contributed by atoms with van der Waals surface area (Å²) in [6.45, 7) is 3.08. The zero-order valence-corrected chi connectivity index (χ0v) is 25.9. The molecule has 2 unspecified atom stereocenters. The van der Waals surface area contributed by atoms with E-state index in [1.165, 1.54) is 18.9 Å². The molecule has 0 radical (unpaired) electrons. The Kier molecular flexibility index (Phi) is 7.22. The molecule has 2 atom stereocenters. The number of fused-ring (bicyclic) bond motifs is 4. The van der Waals surface area contributed by atoms with E-state index < -0.39 is 6.04 Å². The lowest BCUT2D eigenvalue weighted by Gasteiger charge is -2.18. The fraction of sp³-hybridized carbons (Fsp3) is 0.184. The molecule has 0 spiro atoms. The molecule has 9 rings (SSSR count). The van der Waals surface area contributed by atoms with Gasteiger partial charge in [0.15, 0.2) is 6.29 Å². The molecule has 48 heavy (non-hydrogen) atoms. The maximum Gasteiger partial charge on any atom is 0.252 e. The summed E-state index contributed by atoms with van der Waals surface area (Å²) in [4.78, 5) is 45.1. The van der Waals surface area contributed by atoms with Crippen LogP contribution in [0.2, 0.25) is 0 Å². The van der Waals surface area contributed by atoms with Crippen LogP contribution in [0.25, 0.3) is 21.8 Å². The van der Waals surface area contributed by atoms with Gasteiger partial charge in [0, 0.05) is 56.3 Å². The molecule has 3 aliphatic rings. The lowest BCUT2D eigenvalue weighted by Crippen LogP contribution is -2.23. The Morgan fingerprint density at radius 3 is 1.79 bits per heavy atom. The van der Waals surface area contributed by atoms with Crippen molar-refractivity contribution in [1.29, 1.82) is 0 Å². The number of para-hydroxylation sites is 2. The molecular formula is C38H33N5O5. The summed E-state index contributed by atoms with van der Waals surface area (Å²) >= 11 is 0. The largest absolute Gasteiger partial charge is 0.508 e. The summed E-state index contributed by atoms with van der Waals surface area (Å²) in [5, 5.41) is 27.7. The number of aromatic amines is 2. The number of nitrogens with one attached hydrogen (secondary N) is 4. The van der Waals surface area contributed by atoms with Crippen LogP contribution in [0.3, 0.4) is 0 Å². The Labute approximate surface area is 275 Å². The van der Waals surface area contributed by atoms with Gasteiger partial charge >= 0.3 is 0 Å². The minimum absolute atomic E-state index is 0.0811. The number of hydrogen-bond donors (Lipinski definition) is 6. The first-order chi connectivity index (χ1) is 23.4. The maximum absolute atomic E-state index is 12.5. The number of phenolic OH excluding ortho intramolecular Hbond substituents is 2. The van der Waals surface area contributed by atoms with Gasteiger partial charge in [0.1, 0.15) is 11.5 Å². The molecule has 0 saturated carbocycles. The van der Waals surface area contributed by atoms with E-state index >= 15 is 0 Å². The second kappa shape index (κ2) is 11.7. The van der Waals surface area contributed by atoms with Crippen molar-refractivity contribution in [1.82, 2.24) is 25.5 Å². The van der Waals surface area contributed by atoms with Gasteiger partial charge in [-0.15, -0.1) is 0 Å². The van der Waals surface area contributed by atoms with Gasteiger partial charge in [-0.3, -0.25) is 19.3 Å². The SMILES string of the molecule is O=C1NC(c2c(CN3CCCC3)[nH]c3ccccc23)c2cc(O)ccc21.O=Cc1[nH]c2ccccc2c1C1NC(=O)c2ccc(O)cc21. The summed E-state index contributed by atoms with van der Waals surface area (Å²) in [5.74, 6) is -0.0107. The number of aromatic hydroxyl groups is 2. The van der Waals surface area contributed by atoms with Crippen LogP contribution in [0.1, 0.15) is 84.1 Å². The average molecular weight is 640 g/mol. The monoisotopic (exact) mass is 639 g/mol. The molecule has 10 nitrogen and oxygen atoms in total. The van der Waals surface area contributed by atoms with Gasteiger partial charge < -0.3 is 30.8 Å². The summed E-state index contributed by atoms with van der Waals surface area (Å²) in [5.41, 5.74) is 8.03. The molecule has 240 valence electrons. The highest BCUT2D eigenvalue weighted by Gasteiger charge is 2.35. The third-order valence-corrected chi connectivity index (χ3v) is 9.61. The molecule has 1 fully saturated rings. The molecule has 0 bridgehead atoms. The van der Waals surface area contributed by atoms with Gasteiger partial charge in [0.25, 0.3) is 11.8 Å². The molecule has 0 aliphatic carbocycles. The van der Waals surface area contributed by atoms with E-state index in [0.29, 0.717) is 22.4 Å². The Hall–Kier alpha value is -5.87. The Bertz CT molecular complexity index is 2250. The third-order valence-electron chi connectivity index (χ3n) is 9.61. The van der Waals surface area contributed by atoms with Crippen LogP contribution in [0.5, 0.6) is 11.5 Å². The highest BCUT2D eigenvalue weighted by atomic mass is 16.3. The second-order valence-electron chi connectivity index (χ2n) is 12.5. The Balaban J connectivity index is 0.000000142. The number of likely N-dealkylation sites (tertiary alicyclic amines) is 1. The summed E-state index contributed by atoms with van der Waals surface area (Å²) in [6, 6.07) is 24.7. The lowest BCUT2D eigenvalue weighted by atomic mass is 9.95. The van der Waals surface area contributed by atoms with Crippen LogP contribution in [0.4, 0.5) is 0 Å². The lowest BCUT2D eigenvalue weighted by molar-refractivity contribution is 0.0952. The topological polar surface area (TPSA) is 151 Å². The van der Waals surface area contributed by atoms with Crippen molar-refractivity contribution in [3.05, 3.63) is 130 Å². The van der Waals surface area contributed by atoms with Crippen molar-refractivity contribution in [2.75, 3.05) is 13.1 Å². The van der Waals surface area contributed by atoms with Gasteiger partial charge in [-0.25, -0.2) is 0 Å². The number of H-pyrrole nitrogens is 2. The van der Waals surface area contributed by atoms with E-state index in [9.17, 15) is 24.6 Å². The highest BCUT2D eigenvalue weighted by Crippen LogP contribution is 2.40. The van der Waals surface area contributed by atoms with Gasteiger partial charge in [0.05, 0.1) is 17.8 Å². The first-order valence-electron chi connectivity index (χ1n) is 16.0. The predicted molar refractivity (Wildman–Crippen MR) is 181 cm³/mol. The summed E-state index contributed by atoms with van der Waals surface area (Å²) in [6.07, 6.45) is 3.24. The summed E-state index contributed by atoms with van der Waals surface area (Å²) in [7, 11) is 0. The smallest absolute Gasteiger partial charge is 0.252 e. The molecule has 6 N–H and O–H groups in total. The van der Waals surface area contributed by atoms with Crippen LogP contribution in [0.15, 0.2) is 84.9 Å². The standard InChI is InChI=1S/C21H21N3O2.C17H12N2O3/c25-13-7-8-14-16(11-13)20(23-21(14)26)19-15-5-1-2-6-17(15)22-18(19)12-24-9-3-4-10-24;20-8-14-15(11-3-1-2-4-13(11)18-14)16-12-7-9(21)5-6-10(12)17(22)19-16/h1-2,5-8,11,20,22,25H,3-4,9-10,12H2,(H,23,26);1-8,16,18,21H,(H,19,22).